The number of para-hydroxylation sites is 1. The molecular formula is C29H29N5O5S. The summed E-state index contributed by atoms with van der Waals surface area (Å²) in [5.41, 5.74) is 3.25. The van der Waals surface area contributed by atoms with Crippen molar-refractivity contribution in [3.05, 3.63) is 94.9 Å². The van der Waals surface area contributed by atoms with E-state index in [9.17, 15) is 13.2 Å². The number of sulfonamides is 1. The molecule has 1 saturated heterocycles. The highest BCUT2D eigenvalue weighted by molar-refractivity contribution is 7.89. The third-order valence-corrected chi connectivity index (χ3v) is 9.16. The van der Waals surface area contributed by atoms with Crippen molar-refractivity contribution < 1.29 is 17.7 Å². The molecule has 1 aliphatic rings. The topological polar surface area (TPSA) is 123 Å². The molecule has 0 unspecified atom stereocenters. The van der Waals surface area contributed by atoms with E-state index in [1.165, 1.54) is 4.31 Å². The smallest absolute Gasteiger partial charge is 0.438 e. The van der Waals surface area contributed by atoms with Gasteiger partial charge in [0.2, 0.25) is 10.0 Å². The van der Waals surface area contributed by atoms with Crippen LogP contribution in [-0.2, 0) is 16.4 Å². The predicted octanol–water partition coefficient (Wildman–Crippen LogP) is 4.25. The molecule has 2 atom stereocenters. The molecule has 11 heteroatoms. The zero-order valence-electron chi connectivity index (χ0n) is 22.1. The Morgan fingerprint density at radius 3 is 2.58 bits per heavy atom. The van der Waals surface area contributed by atoms with E-state index in [0.29, 0.717) is 24.7 Å². The Labute approximate surface area is 231 Å². The van der Waals surface area contributed by atoms with Crippen molar-refractivity contribution in [3.8, 4) is 16.9 Å². The van der Waals surface area contributed by atoms with Gasteiger partial charge in [-0.1, -0.05) is 60.6 Å². The Bertz CT molecular complexity index is 1830. The lowest BCUT2D eigenvalue weighted by atomic mass is 10.0. The van der Waals surface area contributed by atoms with Crippen molar-refractivity contribution in [2.75, 3.05) is 19.7 Å². The second-order valence-corrected chi connectivity index (χ2v) is 11.9. The van der Waals surface area contributed by atoms with E-state index in [4.69, 9.17) is 9.84 Å². The van der Waals surface area contributed by atoms with Gasteiger partial charge in [-0.15, -0.1) is 0 Å². The second kappa shape index (κ2) is 10.4. The lowest BCUT2D eigenvalue weighted by molar-refractivity contribution is 0.341. The van der Waals surface area contributed by atoms with Gasteiger partial charge in [0.05, 0.1) is 35.2 Å². The second-order valence-electron chi connectivity index (χ2n) is 9.95. The molecular weight excluding hydrogens is 530 g/mol. The van der Waals surface area contributed by atoms with Crippen LogP contribution in [0.5, 0.6) is 5.75 Å². The zero-order valence-corrected chi connectivity index (χ0v) is 23.0. The first-order valence-electron chi connectivity index (χ1n) is 13.2. The molecule has 3 aromatic carbocycles. The van der Waals surface area contributed by atoms with E-state index in [-0.39, 0.29) is 29.8 Å². The fraction of sp³-hybridized carbons (Fsp3) is 0.276. The number of benzene rings is 3. The van der Waals surface area contributed by atoms with Gasteiger partial charge >= 0.3 is 5.76 Å². The highest BCUT2D eigenvalue weighted by atomic mass is 32.2. The molecule has 0 radical (unpaired) electrons. The molecule has 40 heavy (non-hydrogen) atoms. The van der Waals surface area contributed by atoms with Crippen LogP contribution in [0.1, 0.15) is 31.4 Å². The van der Waals surface area contributed by atoms with Crippen molar-refractivity contribution >= 4 is 20.9 Å². The first kappa shape index (κ1) is 26.0. The van der Waals surface area contributed by atoms with Crippen LogP contribution >= 0.6 is 0 Å². The van der Waals surface area contributed by atoms with E-state index in [0.717, 1.165) is 27.7 Å². The highest BCUT2D eigenvalue weighted by Gasteiger charge is 2.39. The van der Waals surface area contributed by atoms with Crippen LogP contribution in [0, 0.1) is 5.92 Å². The Balaban J connectivity index is 1.33. The molecule has 0 aliphatic carbocycles. The number of hydrogen-bond acceptors (Lipinski definition) is 7. The van der Waals surface area contributed by atoms with Crippen molar-refractivity contribution in [2.45, 2.75) is 31.2 Å². The average molecular weight is 560 g/mol. The number of aromatic amines is 1. The Kier molecular flexibility index (Phi) is 6.77. The Hall–Kier alpha value is -4.22. The molecule has 1 fully saturated rings. The predicted molar refractivity (Wildman–Crippen MR) is 150 cm³/mol. The molecule has 0 bridgehead atoms. The van der Waals surface area contributed by atoms with Crippen molar-refractivity contribution in [3.63, 3.8) is 0 Å². The van der Waals surface area contributed by atoms with Crippen molar-refractivity contribution in [1.82, 2.24) is 24.2 Å². The number of hydrogen-bond donors (Lipinski definition) is 1. The molecule has 10 nitrogen and oxygen atoms in total. The lowest BCUT2D eigenvalue weighted by Crippen LogP contribution is -2.29. The molecule has 0 saturated carbocycles. The van der Waals surface area contributed by atoms with Crippen LogP contribution in [-0.4, -0.2) is 52.3 Å². The quantitative estimate of drug-likeness (QED) is 0.301. The van der Waals surface area contributed by atoms with Crippen molar-refractivity contribution in [1.29, 1.82) is 0 Å². The van der Waals surface area contributed by atoms with Gasteiger partial charge in [-0.3, -0.25) is 14.2 Å². The number of H-pyrrole nitrogens is 1. The van der Waals surface area contributed by atoms with Gasteiger partial charge in [0, 0.05) is 24.0 Å². The van der Waals surface area contributed by atoms with Gasteiger partial charge in [-0.2, -0.15) is 9.40 Å². The molecule has 3 heterocycles. The van der Waals surface area contributed by atoms with E-state index < -0.39 is 15.8 Å². The molecule has 206 valence electrons. The summed E-state index contributed by atoms with van der Waals surface area (Å²) in [6.45, 7) is 5.06. The van der Waals surface area contributed by atoms with Crippen LogP contribution in [0.3, 0.4) is 0 Å². The van der Waals surface area contributed by atoms with E-state index in [1.807, 2.05) is 73.1 Å². The minimum atomic E-state index is -3.79. The molecule has 1 aliphatic heterocycles. The van der Waals surface area contributed by atoms with Crippen molar-refractivity contribution in [2.24, 2.45) is 5.92 Å². The van der Waals surface area contributed by atoms with Crippen LogP contribution < -0.4 is 10.5 Å². The number of aromatic nitrogens is 4. The summed E-state index contributed by atoms with van der Waals surface area (Å²) in [7, 11) is -3.79. The third-order valence-electron chi connectivity index (χ3n) is 7.34. The summed E-state index contributed by atoms with van der Waals surface area (Å²) in [5.74, 6) is 0.418. The maximum absolute atomic E-state index is 13.9. The molecule has 0 amide bonds. The molecule has 5 aromatic rings. The summed E-state index contributed by atoms with van der Waals surface area (Å²) < 4.78 is 41.8. The van der Waals surface area contributed by atoms with Gasteiger partial charge in [-0.25, -0.2) is 13.2 Å². The number of fused-ring (bicyclic) bond motifs is 1. The highest BCUT2D eigenvalue weighted by Crippen LogP contribution is 2.37. The summed E-state index contributed by atoms with van der Waals surface area (Å²) in [6, 6.07) is 22.3. The van der Waals surface area contributed by atoms with E-state index in [2.05, 4.69) is 14.7 Å². The fourth-order valence-corrected chi connectivity index (χ4v) is 6.98. The number of rotatable bonds is 8. The van der Waals surface area contributed by atoms with Crippen LogP contribution in [0.4, 0.5) is 0 Å². The first-order chi connectivity index (χ1) is 19.3. The first-order valence-corrected chi connectivity index (χ1v) is 14.6. The van der Waals surface area contributed by atoms with Gasteiger partial charge in [0.1, 0.15) is 5.75 Å². The average Bonchev–Trinajstić information content (AvgIpc) is 3.66. The van der Waals surface area contributed by atoms with Crippen LogP contribution in [0.2, 0.25) is 0 Å². The number of nitrogens with one attached hydrogen (secondary N) is 1. The van der Waals surface area contributed by atoms with Gasteiger partial charge in [0.25, 0.3) is 0 Å². The maximum atomic E-state index is 13.9. The van der Waals surface area contributed by atoms with E-state index in [1.54, 1.807) is 18.2 Å². The summed E-state index contributed by atoms with van der Waals surface area (Å²) >= 11 is 0. The maximum Gasteiger partial charge on any atom is 0.438 e. The minimum Gasteiger partial charge on any atom is -0.493 e. The summed E-state index contributed by atoms with van der Waals surface area (Å²) in [4.78, 5) is 14.2. The molecule has 0 spiro atoms. The van der Waals surface area contributed by atoms with Crippen LogP contribution in [0.25, 0.3) is 22.0 Å². The Morgan fingerprint density at radius 1 is 1.05 bits per heavy atom. The zero-order chi connectivity index (χ0) is 27.9. The third kappa shape index (κ3) is 4.71. The van der Waals surface area contributed by atoms with Gasteiger partial charge in [-0.05, 0) is 42.7 Å². The van der Waals surface area contributed by atoms with E-state index >= 15 is 0 Å². The summed E-state index contributed by atoms with van der Waals surface area (Å²) in [6.07, 6.45) is 0.289. The van der Waals surface area contributed by atoms with Crippen LogP contribution in [0.15, 0.2) is 87.0 Å². The number of ether oxygens (including phenoxy) is 1. The standard InChI is InChI=1S/C29H29N5O5S/c1-3-38-27-14-13-21(15-23(27)20-9-5-4-6-10-20)40(36,37)33-17-19(2)26(18-33)34-25-12-8-7-11-22(25)24(31-34)16-28-30-29(35)39-32-28/h4-15,19,26H,3,16-18H2,1-2H3,(H,30,32,35)/t19-,26+/m1/s1. The Morgan fingerprint density at radius 2 is 1.82 bits per heavy atom. The van der Waals surface area contributed by atoms with Gasteiger partial charge < -0.3 is 4.74 Å². The number of nitrogens with zero attached hydrogens (tertiary/aromatic N) is 4. The molecule has 2 aromatic heterocycles. The molecule has 6 rings (SSSR count). The summed E-state index contributed by atoms with van der Waals surface area (Å²) in [5, 5.41) is 9.57. The van der Waals surface area contributed by atoms with Gasteiger partial charge in [0.15, 0.2) is 5.82 Å². The largest absolute Gasteiger partial charge is 0.493 e. The molecule has 1 N–H and O–H groups in total. The SMILES string of the molecule is CCOc1ccc(S(=O)(=O)N2C[C@@H](C)[C@@H](n3nc(Cc4noc(=O)[nH]4)c4ccccc43)C2)cc1-c1ccccc1. The monoisotopic (exact) mass is 559 g/mol. The fourth-order valence-electron chi connectivity index (χ4n) is 5.40. The normalized spacial score (nSPS) is 17.9. The lowest BCUT2D eigenvalue weighted by Gasteiger charge is -2.19. The minimum absolute atomic E-state index is 0.00841.